The highest BCUT2D eigenvalue weighted by molar-refractivity contribution is 5.01. The first kappa shape index (κ1) is 9.51. The van der Waals surface area contributed by atoms with Crippen LogP contribution in [0.2, 0.25) is 0 Å². The molecule has 0 spiro atoms. The molecule has 0 saturated heterocycles. The zero-order chi connectivity index (χ0) is 10.2. The summed E-state index contributed by atoms with van der Waals surface area (Å²) in [6, 6.07) is 0. The third kappa shape index (κ3) is 1.75. The summed E-state index contributed by atoms with van der Waals surface area (Å²) in [6.07, 6.45) is 0.0233. The van der Waals surface area contributed by atoms with Crippen molar-refractivity contribution in [3.05, 3.63) is 11.7 Å². The third-order valence-electron chi connectivity index (χ3n) is 2.39. The molecular weight excluding hydrogens is 194 g/mol. The van der Waals surface area contributed by atoms with E-state index < -0.39 is 5.92 Å². The van der Waals surface area contributed by atoms with Crippen molar-refractivity contribution >= 4 is 0 Å². The molecule has 0 amide bonds. The number of aliphatic hydroxyl groups is 1. The van der Waals surface area contributed by atoms with Gasteiger partial charge in [0.15, 0.2) is 5.82 Å². The van der Waals surface area contributed by atoms with E-state index in [2.05, 4.69) is 14.7 Å². The van der Waals surface area contributed by atoms with Gasteiger partial charge in [0.2, 0.25) is 5.92 Å². The Hall–Kier alpha value is -1.04. The van der Waals surface area contributed by atoms with Gasteiger partial charge in [-0.15, -0.1) is 0 Å². The van der Waals surface area contributed by atoms with Crippen LogP contribution in [0, 0.1) is 0 Å². The number of rotatable bonds is 2. The number of aromatic nitrogens is 2. The number of alkyl halides is 2. The maximum Gasteiger partial charge on any atom is 0.252 e. The van der Waals surface area contributed by atoms with Gasteiger partial charge in [-0.3, -0.25) is 0 Å². The maximum absolute atomic E-state index is 12.8. The summed E-state index contributed by atoms with van der Waals surface area (Å²) in [7, 11) is 0. The highest BCUT2D eigenvalue weighted by Crippen LogP contribution is 2.43. The van der Waals surface area contributed by atoms with Crippen LogP contribution in [0.25, 0.3) is 0 Å². The molecule has 14 heavy (non-hydrogen) atoms. The minimum atomic E-state index is -2.61. The van der Waals surface area contributed by atoms with Gasteiger partial charge in [0, 0.05) is 18.8 Å². The quantitative estimate of drug-likeness (QED) is 0.792. The van der Waals surface area contributed by atoms with Gasteiger partial charge in [0.05, 0.1) is 0 Å². The first-order chi connectivity index (χ1) is 6.61. The standard InChI is InChI=1S/C8H10F2N2O2/c9-8(10)2-1-5(3-8)7-11-6(4-13)14-12-7/h5,13H,1-4H2. The molecule has 1 N–H and O–H groups in total. The second-order valence-electron chi connectivity index (χ2n) is 3.50. The van der Waals surface area contributed by atoms with Crippen LogP contribution in [-0.2, 0) is 6.61 Å². The Balaban J connectivity index is 2.09. The van der Waals surface area contributed by atoms with Crippen molar-refractivity contribution in [2.45, 2.75) is 37.7 Å². The van der Waals surface area contributed by atoms with Gasteiger partial charge in [-0.05, 0) is 6.42 Å². The Labute approximate surface area is 78.9 Å². The Kier molecular flexibility index (Phi) is 2.22. The molecule has 0 bridgehead atoms. The lowest BCUT2D eigenvalue weighted by molar-refractivity contribution is 0.00749. The molecule has 1 aromatic rings. The molecule has 1 aliphatic rings. The summed E-state index contributed by atoms with van der Waals surface area (Å²) in [4.78, 5) is 3.82. The normalized spacial score (nSPS) is 25.5. The molecule has 1 unspecified atom stereocenters. The second kappa shape index (κ2) is 3.27. The molecule has 1 aliphatic carbocycles. The van der Waals surface area contributed by atoms with Gasteiger partial charge in [-0.25, -0.2) is 8.78 Å². The van der Waals surface area contributed by atoms with E-state index in [-0.39, 0.29) is 37.1 Å². The third-order valence-corrected chi connectivity index (χ3v) is 2.39. The van der Waals surface area contributed by atoms with Crippen LogP contribution in [0.4, 0.5) is 8.78 Å². The van der Waals surface area contributed by atoms with Gasteiger partial charge in [-0.2, -0.15) is 4.98 Å². The summed E-state index contributed by atoms with van der Waals surface area (Å²) in [5.74, 6) is -2.58. The molecule has 2 rings (SSSR count). The minimum Gasteiger partial charge on any atom is -0.387 e. The number of nitrogens with zero attached hydrogens (tertiary/aromatic N) is 2. The monoisotopic (exact) mass is 204 g/mol. The topological polar surface area (TPSA) is 59.2 Å². The van der Waals surface area contributed by atoms with E-state index in [1.54, 1.807) is 0 Å². The number of aliphatic hydroxyl groups excluding tert-OH is 1. The van der Waals surface area contributed by atoms with Crippen molar-refractivity contribution in [2.75, 3.05) is 0 Å². The lowest BCUT2D eigenvalue weighted by atomic mass is 10.1. The first-order valence-corrected chi connectivity index (χ1v) is 4.42. The largest absolute Gasteiger partial charge is 0.387 e. The Morgan fingerprint density at radius 1 is 1.57 bits per heavy atom. The molecule has 1 fully saturated rings. The molecule has 1 atom stereocenters. The highest BCUT2D eigenvalue weighted by atomic mass is 19.3. The molecule has 1 aromatic heterocycles. The molecular formula is C8H10F2N2O2. The summed E-state index contributed by atoms with van der Waals surface area (Å²) >= 11 is 0. The SMILES string of the molecule is OCc1nc(C2CCC(F)(F)C2)no1. The van der Waals surface area contributed by atoms with Gasteiger partial charge >= 0.3 is 0 Å². The van der Waals surface area contributed by atoms with Crippen molar-refractivity contribution < 1.29 is 18.4 Å². The van der Waals surface area contributed by atoms with Crippen molar-refractivity contribution in [1.29, 1.82) is 0 Å². The Morgan fingerprint density at radius 3 is 2.86 bits per heavy atom. The molecule has 1 heterocycles. The molecule has 0 aromatic carbocycles. The van der Waals surface area contributed by atoms with Crippen LogP contribution < -0.4 is 0 Å². The second-order valence-corrected chi connectivity index (χ2v) is 3.50. The van der Waals surface area contributed by atoms with Crippen LogP contribution in [0.1, 0.15) is 36.9 Å². The molecule has 6 heteroatoms. The summed E-state index contributed by atoms with van der Waals surface area (Å²) in [5, 5.41) is 12.2. The minimum absolute atomic E-state index is 0.0789. The van der Waals surface area contributed by atoms with E-state index in [4.69, 9.17) is 5.11 Å². The van der Waals surface area contributed by atoms with Crippen LogP contribution in [0.3, 0.4) is 0 Å². The highest BCUT2D eigenvalue weighted by Gasteiger charge is 2.41. The van der Waals surface area contributed by atoms with Crippen molar-refractivity contribution in [3.63, 3.8) is 0 Å². The fourth-order valence-corrected chi connectivity index (χ4v) is 1.67. The lowest BCUT2D eigenvalue weighted by Gasteiger charge is -2.06. The van der Waals surface area contributed by atoms with Crippen LogP contribution in [-0.4, -0.2) is 21.2 Å². The molecule has 4 nitrogen and oxygen atoms in total. The van der Waals surface area contributed by atoms with Crippen LogP contribution in [0.5, 0.6) is 0 Å². The fourth-order valence-electron chi connectivity index (χ4n) is 1.67. The number of halogens is 2. The average molecular weight is 204 g/mol. The molecule has 1 saturated carbocycles. The van der Waals surface area contributed by atoms with Gasteiger partial charge in [0.1, 0.15) is 6.61 Å². The van der Waals surface area contributed by atoms with Crippen LogP contribution >= 0.6 is 0 Å². The number of hydrogen-bond donors (Lipinski definition) is 1. The summed E-state index contributed by atoms with van der Waals surface area (Å²) in [6.45, 7) is -0.351. The lowest BCUT2D eigenvalue weighted by Crippen LogP contribution is -2.09. The van der Waals surface area contributed by atoms with Gasteiger partial charge in [-0.1, -0.05) is 5.16 Å². The van der Waals surface area contributed by atoms with E-state index >= 15 is 0 Å². The van der Waals surface area contributed by atoms with E-state index in [0.29, 0.717) is 6.42 Å². The molecule has 0 aliphatic heterocycles. The smallest absolute Gasteiger partial charge is 0.252 e. The average Bonchev–Trinajstić information content (AvgIpc) is 2.70. The van der Waals surface area contributed by atoms with Crippen molar-refractivity contribution in [2.24, 2.45) is 0 Å². The van der Waals surface area contributed by atoms with E-state index in [9.17, 15) is 8.78 Å². The van der Waals surface area contributed by atoms with Gasteiger partial charge < -0.3 is 9.63 Å². The summed E-state index contributed by atoms with van der Waals surface area (Å²) < 4.78 is 30.3. The van der Waals surface area contributed by atoms with Crippen molar-refractivity contribution in [1.82, 2.24) is 10.1 Å². The fraction of sp³-hybridized carbons (Fsp3) is 0.750. The Morgan fingerprint density at radius 2 is 2.36 bits per heavy atom. The van der Waals surface area contributed by atoms with Gasteiger partial charge in [0.25, 0.3) is 5.89 Å². The maximum atomic E-state index is 12.8. The van der Waals surface area contributed by atoms with E-state index in [1.165, 1.54) is 0 Å². The zero-order valence-electron chi connectivity index (χ0n) is 7.41. The zero-order valence-corrected chi connectivity index (χ0v) is 7.41. The predicted octanol–water partition coefficient (Wildman–Crippen LogP) is 1.46. The first-order valence-electron chi connectivity index (χ1n) is 4.42. The Bertz CT molecular complexity index is 327. The molecule has 0 radical (unpaired) electrons. The van der Waals surface area contributed by atoms with Crippen LogP contribution in [0.15, 0.2) is 4.52 Å². The molecule has 78 valence electrons. The predicted molar refractivity (Wildman–Crippen MR) is 41.8 cm³/mol. The van der Waals surface area contributed by atoms with E-state index in [1.807, 2.05) is 0 Å². The van der Waals surface area contributed by atoms with Crippen molar-refractivity contribution in [3.8, 4) is 0 Å². The number of hydrogen-bond acceptors (Lipinski definition) is 4. The summed E-state index contributed by atoms with van der Waals surface area (Å²) in [5.41, 5.74) is 0. The van der Waals surface area contributed by atoms with E-state index in [0.717, 1.165) is 0 Å².